The predicted molar refractivity (Wildman–Crippen MR) is 87.6 cm³/mol. The minimum Gasteiger partial charge on any atom is -0.371 e. The van der Waals surface area contributed by atoms with Crippen molar-refractivity contribution in [3.05, 3.63) is 59.9 Å². The van der Waals surface area contributed by atoms with Gasteiger partial charge < -0.3 is 10.2 Å². The number of nitrogens with zero attached hydrogens (tertiary/aromatic N) is 2. The van der Waals surface area contributed by atoms with E-state index in [2.05, 4.69) is 52.6 Å². The van der Waals surface area contributed by atoms with Crippen molar-refractivity contribution in [1.82, 2.24) is 10.3 Å². The summed E-state index contributed by atoms with van der Waals surface area (Å²) in [6.45, 7) is 2.19. The standard InChI is InChI=1S/C18H23N3/c1-19-17-8-5-12-21(18-9-3-2-7-16(17)18)13-10-15-6-4-11-20-14-15/h2-4,6-7,9,11,14,17,19H,5,8,10,12-13H2,1H3. The van der Waals surface area contributed by atoms with Crippen LogP contribution in [-0.2, 0) is 6.42 Å². The molecule has 0 spiro atoms. The maximum absolute atomic E-state index is 4.21. The molecule has 0 fully saturated rings. The zero-order valence-electron chi connectivity index (χ0n) is 12.6. The Kier molecular flexibility index (Phi) is 4.51. The van der Waals surface area contributed by atoms with Crippen LogP contribution in [0.1, 0.15) is 30.0 Å². The van der Waals surface area contributed by atoms with Crippen LogP contribution in [0.3, 0.4) is 0 Å². The van der Waals surface area contributed by atoms with Crippen LogP contribution in [-0.4, -0.2) is 25.1 Å². The molecular weight excluding hydrogens is 258 g/mol. The van der Waals surface area contributed by atoms with Gasteiger partial charge in [0.25, 0.3) is 0 Å². The minimum absolute atomic E-state index is 0.476. The quantitative estimate of drug-likeness (QED) is 0.933. The van der Waals surface area contributed by atoms with E-state index >= 15 is 0 Å². The summed E-state index contributed by atoms with van der Waals surface area (Å²) in [6.07, 6.45) is 7.29. The highest BCUT2D eigenvalue weighted by Crippen LogP contribution is 2.32. The lowest BCUT2D eigenvalue weighted by atomic mass is 10.0. The predicted octanol–water partition coefficient (Wildman–Crippen LogP) is 3.19. The van der Waals surface area contributed by atoms with Gasteiger partial charge in [0.2, 0.25) is 0 Å². The van der Waals surface area contributed by atoms with Crippen LogP contribution in [0.15, 0.2) is 48.8 Å². The Morgan fingerprint density at radius 1 is 1.24 bits per heavy atom. The number of para-hydroxylation sites is 1. The molecule has 2 heterocycles. The number of benzene rings is 1. The number of nitrogens with one attached hydrogen (secondary N) is 1. The van der Waals surface area contributed by atoms with Crippen LogP contribution in [0.4, 0.5) is 5.69 Å². The van der Waals surface area contributed by atoms with Gasteiger partial charge in [-0.2, -0.15) is 0 Å². The number of pyridine rings is 1. The van der Waals surface area contributed by atoms with E-state index in [1.54, 1.807) is 0 Å². The molecule has 21 heavy (non-hydrogen) atoms. The van der Waals surface area contributed by atoms with E-state index in [1.165, 1.54) is 29.7 Å². The summed E-state index contributed by atoms with van der Waals surface area (Å²) in [6, 6.07) is 13.5. The molecule has 3 nitrogen and oxygen atoms in total. The highest BCUT2D eigenvalue weighted by Gasteiger charge is 2.21. The third-order valence-electron chi connectivity index (χ3n) is 4.32. The molecule has 1 unspecified atom stereocenters. The topological polar surface area (TPSA) is 28.2 Å². The Hall–Kier alpha value is -1.87. The monoisotopic (exact) mass is 281 g/mol. The molecule has 0 saturated carbocycles. The summed E-state index contributed by atoms with van der Waals surface area (Å²) in [7, 11) is 2.06. The molecule has 0 amide bonds. The Bertz CT molecular complexity index is 568. The van der Waals surface area contributed by atoms with Crippen molar-refractivity contribution in [2.75, 3.05) is 25.0 Å². The summed E-state index contributed by atoms with van der Waals surface area (Å²) >= 11 is 0. The van der Waals surface area contributed by atoms with Crippen molar-refractivity contribution in [1.29, 1.82) is 0 Å². The number of hydrogen-bond donors (Lipinski definition) is 1. The number of fused-ring (bicyclic) bond motifs is 1. The molecule has 1 aromatic carbocycles. The highest BCUT2D eigenvalue weighted by molar-refractivity contribution is 5.56. The van der Waals surface area contributed by atoms with E-state index in [4.69, 9.17) is 0 Å². The van der Waals surface area contributed by atoms with Gasteiger partial charge in [-0.05, 0) is 49.6 Å². The Labute approximate surface area is 127 Å². The van der Waals surface area contributed by atoms with Gasteiger partial charge in [-0.3, -0.25) is 4.98 Å². The van der Waals surface area contributed by atoms with Gasteiger partial charge >= 0.3 is 0 Å². The Balaban J connectivity index is 1.78. The van der Waals surface area contributed by atoms with E-state index in [0.717, 1.165) is 19.5 Å². The van der Waals surface area contributed by atoms with E-state index in [-0.39, 0.29) is 0 Å². The van der Waals surface area contributed by atoms with Crippen molar-refractivity contribution in [2.45, 2.75) is 25.3 Å². The lowest BCUT2D eigenvalue weighted by Gasteiger charge is -2.25. The van der Waals surface area contributed by atoms with E-state index in [9.17, 15) is 0 Å². The molecule has 110 valence electrons. The van der Waals surface area contributed by atoms with E-state index in [1.807, 2.05) is 18.5 Å². The van der Waals surface area contributed by atoms with Crippen molar-refractivity contribution < 1.29 is 0 Å². The average molecular weight is 281 g/mol. The number of rotatable bonds is 4. The Morgan fingerprint density at radius 3 is 2.95 bits per heavy atom. The Morgan fingerprint density at radius 2 is 2.14 bits per heavy atom. The van der Waals surface area contributed by atoms with E-state index < -0.39 is 0 Å². The fraction of sp³-hybridized carbons (Fsp3) is 0.389. The molecule has 0 saturated heterocycles. The number of hydrogen-bond acceptors (Lipinski definition) is 3. The third-order valence-corrected chi connectivity index (χ3v) is 4.32. The lowest BCUT2D eigenvalue weighted by molar-refractivity contribution is 0.541. The molecule has 2 aromatic rings. The van der Waals surface area contributed by atoms with Crippen LogP contribution in [0.2, 0.25) is 0 Å². The molecule has 0 aliphatic carbocycles. The summed E-state index contributed by atoms with van der Waals surface area (Å²) in [5, 5.41) is 3.46. The summed E-state index contributed by atoms with van der Waals surface area (Å²) in [4.78, 5) is 6.74. The summed E-state index contributed by atoms with van der Waals surface area (Å²) in [5.41, 5.74) is 4.13. The molecule has 3 rings (SSSR count). The van der Waals surface area contributed by atoms with Crippen molar-refractivity contribution in [2.24, 2.45) is 0 Å². The highest BCUT2D eigenvalue weighted by atomic mass is 15.1. The van der Waals surface area contributed by atoms with Gasteiger partial charge in [-0.25, -0.2) is 0 Å². The zero-order chi connectivity index (χ0) is 14.5. The first-order valence-corrected chi connectivity index (χ1v) is 7.78. The van der Waals surface area contributed by atoms with Crippen LogP contribution in [0, 0.1) is 0 Å². The first-order chi connectivity index (χ1) is 10.4. The SMILES string of the molecule is CNC1CCCN(CCc2cccnc2)c2ccccc21. The second-order valence-electron chi connectivity index (χ2n) is 5.64. The van der Waals surface area contributed by atoms with Crippen LogP contribution in [0.25, 0.3) is 0 Å². The number of anilines is 1. The van der Waals surface area contributed by atoms with Crippen LogP contribution in [0.5, 0.6) is 0 Å². The molecule has 3 heteroatoms. The summed E-state index contributed by atoms with van der Waals surface area (Å²) < 4.78 is 0. The second-order valence-corrected chi connectivity index (χ2v) is 5.64. The van der Waals surface area contributed by atoms with Gasteiger partial charge in [0, 0.05) is 37.2 Å². The van der Waals surface area contributed by atoms with E-state index in [0.29, 0.717) is 6.04 Å². The molecule has 0 radical (unpaired) electrons. The molecule has 1 aliphatic rings. The third kappa shape index (κ3) is 3.24. The first kappa shape index (κ1) is 14.1. The fourth-order valence-corrected chi connectivity index (χ4v) is 3.17. The first-order valence-electron chi connectivity index (χ1n) is 7.78. The maximum Gasteiger partial charge on any atom is 0.0414 e. The fourth-order valence-electron chi connectivity index (χ4n) is 3.17. The molecule has 1 N–H and O–H groups in total. The van der Waals surface area contributed by atoms with Crippen LogP contribution >= 0.6 is 0 Å². The van der Waals surface area contributed by atoms with Crippen molar-refractivity contribution >= 4 is 5.69 Å². The molecule has 0 bridgehead atoms. The van der Waals surface area contributed by atoms with Crippen molar-refractivity contribution in [3.8, 4) is 0 Å². The molecule has 1 aromatic heterocycles. The van der Waals surface area contributed by atoms with Gasteiger partial charge in [-0.15, -0.1) is 0 Å². The van der Waals surface area contributed by atoms with Crippen molar-refractivity contribution in [3.63, 3.8) is 0 Å². The minimum atomic E-state index is 0.476. The largest absolute Gasteiger partial charge is 0.371 e. The lowest BCUT2D eigenvalue weighted by Crippen LogP contribution is -2.26. The normalized spacial score (nSPS) is 18.1. The smallest absolute Gasteiger partial charge is 0.0414 e. The van der Waals surface area contributed by atoms with Crippen LogP contribution < -0.4 is 10.2 Å². The number of aromatic nitrogens is 1. The van der Waals surface area contributed by atoms with Gasteiger partial charge in [0.1, 0.15) is 0 Å². The van der Waals surface area contributed by atoms with Gasteiger partial charge in [0.15, 0.2) is 0 Å². The molecule has 1 aliphatic heterocycles. The maximum atomic E-state index is 4.21. The molecule has 1 atom stereocenters. The van der Waals surface area contributed by atoms with Gasteiger partial charge in [-0.1, -0.05) is 24.3 Å². The second kappa shape index (κ2) is 6.72. The zero-order valence-corrected chi connectivity index (χ0v) is 12.6. The average Bonchev–Trinajstić information content (AvgIpc) is 2.73. The summed E-state index contributed by atoms with van der Waals surface area (Å²) in [5.74, 6) is 0. The molecular formula is C18H23N3. The van der Waals surface area contributed by atoms with Gasteiger partial charge in [0.05, 0.1) is 0 Å².